The highest BCUT2D eigenvalue weighted by molar-refractivity contribution is 6.05. The van der Waals surface area contributed by atoms with E-state index in [4.69, 9.17) is 9.47 Å². The van der Waals surface area contributed by atoms with Crippen LogP contribution in [0.3, 0.4) is 0 Å². The summed E-state index contributed by atoms with van der Waals surface area (Å²) in [6.07, 6.45) is -0.353. The number of nitrogens with one attached hydrogen (secondary N) is 1. The van der Waals surface area contributed by atoms with E-state index in [1.54, 1.807) is 48.4 Å². The molecule has 4 rings (SSSR count). The van der Waals surface area contributed by atoms with Crippen LogP contribution in [0.1, 0.15) is 10.4 Å². The van der Waals surface area contributed by atoms with Gasteiger partial charge in [0.15, 0.2) is 0 Å². The molecule has 6 nitrogen and oxygen atoms in total. The fraction of sp³-hybridized carbons (Fsp3) is 0.130. The molecule has 1 aliphatic heterocycles. The molecule has 0 aromatic heterocycles. The third-order valence-corrected chi connectivity index (χ3v) is 4.74. The van der Waals surface area contributed by atoms with Crippen molar-refractivity contribution in [2.75, 3.05) is 30.5 Å². The zero-order chi connectivity index (χ0) is 20.2. The van der Waals surface area contributed by atoms with Gasteiger partial charge in [0.05, 0.1) is 13.7 Å². The molecule has 6 heteroatoms. The van der Waals surface area contributed by atoms with E-state index in [2.05, 4.69) is 5.32 Å². The van der Waals surface area contributed by atoms with E-state index in [9.17, 15) is 9.59 Å². The van der Waals surface area contributed by atoms with Crippen LogP contribution in [0.4, 0.5) is 16.2 Å². The summed E-state index contributed by atoms with van der Waals surface area (Å²) in [6.45, 7) is 0.914. The number of amides is 2. The molecule has 0 unspecified atom stereocenters. The molecule has 0 radical (unpaired) electrons. The maximum Gasteiger partial charge on any atom is 0.414 e. The summed E-state index contributed by atoms with van der Waals surface area (Å²) in [5.41, 5.74) is 3.73. The molecule has 0 bridgehead atoms. The first-order valence-corrected chi connectivity index (χ1v) is 9.25. The smallest absolute Gasteiger partial charge is 0.414 e. The minimum atomic E-state index is -0.353. The number of carbonyl (C=O) groups is 2. The molecule has 1 saturated heterocycles. The molecule has 0 saturated carbocycles. The maximum atomic E-state index is 12.8. The highest BCUT2D eigenvalue weighted by atomic mass is 16.6. The summed E-state index contributed by atoms with van der Waals surface area (Å²) >= 11 is 0. The Morgan fingerprint density at radius 1 is 1.03 bits per heavy atom. The van der Waals surface area contributed by atoms with Gasteiger partial charge in [-0.15, -0.1) is 0 Å². The van der Waals surface area contributed by atoms with Crippen molar-refractivity contribution in [1.29, 1.82) is 0 Å². The second-order valence-electron chi connectivity index (χ2n) is 6.55. The molecule has 146 valence electrons. The van der Waals surface area contributed by atoms with E-state index in [0.717, 1.165) is 16.8 Å². The van der Waals surface area contributed by atoms with Gasteiger partial charge in [-0.25, -0.2) is 4.79 Å². The monoisotopic (exact) mass is 388 g/mol. The Hall–Kier alpha value is -3.80. The largest absolute Gasteiger partial charge is 0.496 e. The van der Waals surface area contributed by atoms with Gasteiger partial charge in [-0.2, -0.15) is 0 Å². The Kier molecular flexibility index (Phi) is 5.16. The quantitative estimate of drug-likeness (QED) is 0.695. The SMILES string of the molecule is COc1ccc(C(=O)Nc2ccc(N3CCOC3=O)cc2)cc1-c1ccccc1. The van der Waals surface area contributed by atoms with Crippen LogP contribution in [-0.4, -0.2) is 32.3 Å². The predicted octanol–water partition coefficient (Wildman–Crippen LogP) is 4.57. The number of anilines is 2. The van der Waals surface area contributed by atoms with Crippen LogP contribution in [0.5, 0.6) is 5.75 Å². The average Bonchev–Trinajstić information content (AvgIpc) is 3.20. The Bertz CT molecular complexity index is 1030. The third kappa shape index (κ3) is 3.91. The van der Waals surface area contributed by atoms with Gasteiger partial charge in [0.25, 0.3) is 5.91 Å². The number of cyclic esters (lactones) is 1. The van der Waals surface area contributed by atoms with Crippen molar-refractivity contribution in [2.24, 2.45) is 0 Å². The summed E-state index contributed by atoms with van der Waals surface area (Å²) in [4.78, 5) is 26.0. The number of benzene rings is 3. The van der Waals surface area contributed by atoms with Gasteiger partial charge >= 0.3 is 6.09 Å². The number of rotatable bonds is 5. The zero-order valence-corrected chi connectivity index (χ0v) is 15.9. The normalized spacial score (nSPS) is 13.1. The lowest BCUT2D eigenvalue weighted by molar-refractivity contribution is 0.102. The molecule has 29 heavy (non-hydrogen) atoms. The van der Waals surface area contributed by atoms with Gasteiger partial charge in [0, 0.05) is 22.5 Å². The molecule has 1 fully saturated rings. The van der Waals surface area contributed by atoms with Gasteiger partial charge < -0.3 is 14.8 Å². The summed E-state index contributed by atoms with van der Waals surface area (Å²) in [6, 6.07) is 22.2. The minimum absolute atomic E-state index is 0.224. The van der Waals surface area contributed by atoms with Crippen LogP contribution < -0.4 is 15.0 Å². The van der Waals surface area contributed by atoms with Crippen molar-refractivity contribution < 1.29 is 19.1 Å². The highest BCUT2D eigenvalue weighted by Gasteiger charge is 2.23. The first-order valence-electron chi connectivity index (χ1n) is 9.25. The number of hydrogen-bond acceptors (Lipinski definition) is 4. The predicted molar refractivity (Wildman–Crippen MR) is 112 cm³/mol. The molecule has 1 aliphatic rings. The van der Waals surface area contributed by atoms with Crippen molar-refractivity contribution >= 4 is 23.4 Å². The van der Waals surface area contributed by atoms with Gasteiger partial charge in [-0.3, -0.25) is 9.69 Å². The Morgan fingerprint density at radius 3 is 2.45 bits per heavy atom. The molecular formula is C23H20N2O4. The zero-order valence-electron chi connectivity index (χ0n) is 15.9. The second-order valence-corrected chi connectivity index (χ2v) is 6.55. The topological polar surface area (TPSA) is 67.9 Å². The summed E-state index contributed by atoms with van der Waals surface area (Å²) in [7, 11) is 1.61. The lowest BCUT2D eigenvalue weighted by Gasteiger charge is -2.14. The van der Waals surface area contributed by atoms with E-state index in [-0.39, 0.29) is 12.0 Å². The Balaban J connectivity index is 1.53. The van der Waals surface area contributed by atoms with Gasteiger partial charge in [-0.05, 0) is 48.0 Å². The van der Waals surface area contributed by atoms with E-state index < -0.39 is 0 Å². The molecule has 0 aliphatic carbocycles. The average molecular weight is 388 g/mol. The van der Waals surface area contributed by atoms with Crippen LogP contribution in [0.2, 0.25) is 0 Å². The van der Waals surface area contributed by atoms with Crippen LogP contribution in [0.25, 0.3) is 11.1 Å². The van der Waals surface area contributed by atoms with Gasteiger partial charge in [0.2, 0.25) is 0 Å². The van der Waals surface area contributed by atoms with Crippen LogP contribution >= 0.6 is 0 Å². The number of hydrogen-bond donors (Lipinski definition) is 1. The molecule has 1 heterocycles. The van der Waals surface area contributed by atoms with Crippen molar-refractivity contribution in [3.8, 4) is 16.9 Å². The van der Waals surface area contributed by atoms with E-state index in [1.807, 2.05) is 36.4 Å². The van der Waals surface area contributed by atoms with E-state index in [0.29, 0.717) is 30.2 Å². The first kappa shape index (κ1) is 18.6. The molecule has 3 aromatic rings. The summed E-state index contributed by atoms with van der Waals surface area (Å²) in [5, 5.41) is 2.89. The first-order chi connectivity index (χ1) is 14.2. The molecule has 0 spiro atoms. The third-order valence-electron chi connectivity index (χ3n) is 4.74. The van der Waals surface area contributed by atoms with Gasteiger partial charge in [-0.1, -0.05) is 30.3 Å². The van der Waals surface area contributed by atoms with Crippen LogP contribution in [-0.2, 0) is 4.74 Å². The van der Waals surface area contributed by atoms with Crippen LogP contribution in [0, 0.1) is 0 Å². The van der Waals surface area contributed by atoms with Crippen molar-refractivity contribution in [1.82, 2.24) is 0 Å². The number of nitrogens with zero attached hydrogens (tertiary/aromatic N) is 1. The van der Waals surface area contributed by atoms with Crippen molar-refractivity contribution in [3.63, 3.8) is 0 Å². The van der Waals surface area contributed by atoms with E-state index in [1.165, 1.54) is 0 Å². The molecule has 0 atom stereocenters. The number of methoxy groups -OCH3 is 1. The lowest BCUT2D eigenvalue weighted by atomic mass is 10.0. The molecule has 3 aromatic carbocycles. The molecule has 1 N–H and O–H groups in total. The maximum absolute atomic E-state index is 12.8. The van der Waals surface area contributed by atoms with E-state index >= 15 is 0 Å². The summed E-state index contributed by atoms with van der Waals surface area (Å²) < 4.78 is 10.4. The van der Waals surface area contributed by atoms with Crippen molar-refractivity contribution in [2.45, 2.75) is 0 Å². The standard InChI is InChI=1S/C23H20N2O4/c1-28-21-12-7-17(15-20(21)16-5-3-2-4-6-16)22(26)24-18-8-10-19(11-9-18)25-13-14-29-23(25)27/h2-12,15H,13-14H2,1H3,(H,24,26). The van der Waals surface area contributed by atoms with Crippen LogP contribution in [0.15, 0.2) is 72.8 Å². The fourth-order valence-electron chi connectivity index (χ4n) is 3.25. The van der Waals surface area contributed by atoms with Gasteiger partial charge in [0.1, 0.15) is 12.4 Å². The molecule has 2 amide bonds. The fourth-order valence-corrected chi connectivity index (χ4v) is 3.25. The second kappa shape index (κ2) is 8.06. The molecular weight excluding hydrogens is 368 g/mol. The van der Waals surface area contributed by atoms with Crippen molar-refractivity contribution in [3.05, 3.63) is 78.4 Å². The minimum Gasteiger partial charge on any atom is -0.496 e. The summed E-state index contributed by atoms with van der Waals surface area (Å²) in [5.74, 6) is 0.479. The lowest BCUT2D eigenvalue weighted by Crippen LogP contribution is -2.23. The highest BCUT2D eigenvalue weighted by Crippen LogP contribution is 2.31. The Labute approximate surface area is 168 Å². The number of ether oxygens (including phenoxy) is 2. The number of carbonyl (C=O) groups excluding carboxylic acids is 2. The Morgan fingerprint density at radius 2 is 1.79 bits per heavy atom.